The molecule has 0 saturated heterocycles. The first kappa shape index (κ1) is 25.3. The number of methoxy groups -OCH3 is 4. The Balaban J connectivity index is 1.96. The normalized spacial score (nSPS) is 13.2. The molecule has 1 aliphatic rings. The van der Waals surface area contributed by atoms with E-state index in [9.17, 15) is 0 Å². The van der Waals surface area contributed by atoms with Crippen LogP contribution in [-0.4, -0.2) is 36.5 Å². The van der Waals surface area contributed by atoms with Crippen LogP contribution in [0.2, 0.25) is 13.1 Å². The van der Waals surface area contributed by atoms with Crippen molar-refractivity contribution in [2.75, 3.05) is 28.4 Å². The van der Waals surface area contributed by atoms with Crippen molar-refractivity contribution >= 4 is 18.4 Å². The maximum absolute atomic E-state index is 5.87. The van der Waals surface area contributed by atoms with Crippen LogP contribution in [0.15, 0.2) is 72.8 Å². The highest BCUT2D eigenvalue weighted by Gasteiger charge is 2.43. The second kappa shape index (κ2) is 10.2. The minimum Gasteiger partial charge on any atom is -0.497 e. The lowest BCUT2D eigenvalue weighted by Crippen LogP contribution is -2.50. The zero-order valence-corrected chi connectivity index (χ0v) is 23.5. The smallest absolute Gasteiger partial charge is 0.118 e. The Morgan fingerprint density at radius 3 is 1.57 bits per heavy atom. The number of hydrogen-bond donors (Lipinski definition) is 0. The standard InChI is InChI=1S/C32H34O4Si/c1-33-19-26-27(20-34-2)30(22-13-17-24(36-4)18-14-22)32-31(25-9-7-8-10-28(25)37(32,5)6)29(26)21-11-15-23(35-3)16-12-21/h7-18H,19-20H2,1-6H3. The van der Waals surface area contributed by atoms with Gasteiger partial charge in [0.15, 0.2) is 0 Å². The summed E-state index contributed by atoms with van der Waals surface area (Å²) in [6, 6.07) is 25.8. The fraction of sp³-hybridized carbons (Fsp3) is 0.250. The van der Waals surface area contributed by atoms with Crippen LogP contribution >= 0.6 is 0 Å². The first-order valence-corrected chi connectivity index (χ1v) is 15.5. The van der Waals surface area contributed by atoms with Crippen LogP contribution in [0.25, 0.3) is 33.4 Å². The van der Waals surface area contributed by atoms with Crippen molar-refractivity contribution in [1.29, 1.82) is 0 Å². The summed E-state index contributed by atoms with van der Waals surface area (Å²) in [7, 11) is 4.87. The lowest BCUT2D eigenvalue weighted by atomic mass is 9.83. The molecule has 190 valence electrons. The van der Waals surface area contributed by atoms with Crippen LogP contribution in [0.4, 0.5) is 0 Å². The van der Waals surface area contributed by atoms with E-state index >= 15 is 0 Å². The largest absolute Gasteiger partial charge is 0.497 e. The molecule has 37 heavy (non-hydrogen) atoms. The molecule has 0 saturated carbocycles. The number of fused-ring (bicyclic) bond motifs is 3. The van der Waals surface area contributed by atoms with Gasteiger partial charge in [0.1, 0.15) is 19.6 Å². The highest BCUT2D eigenvalue weighted by Crippen LogP contribution is 2.45. The van der Waals surface area contributed by atoms with Gasteiger partial charge in [-0.25, -0.2) is 0 Å². The molecule has 0 radical (unpaired) electrons. The van der Waals surface area contributed by atoms with Gasteiger partial charge in [-0.05, 0) is 79.1 Å². The Hall–Kier alpha value is -3.38. The molecule has 1 aliphatic heterocycles. The van der Waals surface area contributed by atoms with E-state index in [1.54, 1.807) is 28.4 Å². The molecule has 5 rings (SSSR count). The molecule has 4 aromatic carbocycles. The Morgan fingerprint density at radius 2 is 1.05 bits per heavy atom. The van der Waals surface area contributed by atoms with Crippen molar-refractivity contribution in [2.24, 2.45) is 0 Å². The predicted octanol–water partition coefficient (Wildman–Crippen LogP) is 6.13. The van der Waals surface area contributed by atoms with Crippen LogP contribution in [0.3, 0.4) is 0 Å². The average Bonchev–Trinajstić information content (AvgIpc) is 3.16. The van der Waals surface area contributed by atoms with Crippen LogP contribution in [-0.2, 0) is 22.7 Å². The predicted molar refractivity (Wildman–Crippen MR) is 154 cm³/mol. The summed E-state index contributed by atoms with van der Waals surface area (Å²) in [5.74, 6) is 1.69. The van der Waals surface area contributed by atoms with Gasteiger partial charge in [-0.1, -0.05) is 61.6 Å². The van der Waals surface area contributed by atoms with Gasteiger partial charge in [-0.3, -0.25) is 0 Å². The maximum Gasteiger partial charge on any atom is 0.118 e. The fourth-order valence-corrected chi connectivity index (χ4v) is 9.36. The van der Waals surface area contributed by atoms with E-state index in [1.165, 1.54) is 49.3 Å². The Bertz CT molecular complexity index is 1420. The van der Waals surface area contributed by atoms with E-state index in [-0.39, 0.29) is 0 Å². The van der Waals surface area contributed by atoms with Gasteiger partial charge >= 0.3 is 0 Å². The summed E-state index contributed by atoms with van der Waals surface area (Å²) in [5.41, 5.74) is 9.85. The van der Waals surface area contributed by atoms with Gasteiger partial charge in [0.05, 0.1) is 27.4 Å². The second-order valence-corrected chi connectivity index (χ2v) is 14.2. The monoisotopic (exact) mass is 510 g/mol. The molecule has 0 aromatic heterocycles. The van der Waals surface area contributed by atoms with E-state index in [0.29, 0.717) is 13.2 Å². The molecule has 0 unspecified atom stereocenters. The number of benzene rings is 4. The van der Waals surface area contributed by atoms with Gasteiger partial charge in [-0.15, -0.1) is 0 Å². The molecular weight excluding hydrogens is 476 g/mol. The van der Waals surface area contributed by atoms with Gasteiger partial charge in [-0.2, -0.15) is 0 Å². The molecule has 4 aromatic rings. The van der Waals surface area contributed by atoms with Gasteiger partial charge < -0.3 is 18.9 Å². The van der Waals surface area contributed by atoms with Crippen molar-refractivity contribution in [3.63, 3.8) is 0 Å². The highest BCUT2D eigenvalue weighted by atomic mass is 28.3. The van der Waals surface area contributed by atoms with Crippen LogP contribution in [0.5, 0.6) is 11.5 Å². The SMILES string of the molecule is COCc1c(COC)c(-c2ccc(OC)cc2)c2c(c1-c1ccc(OC)cc1)-c1ccccc1[Si]2(C)C. The van der Waals surface area contributed by atoms with E-state index in [1.807, 2.05) is 24.3 Å². The minimum absolute atomic E-state index is 0.487. The van der Waals surface area contributed by atoms with E-state index in [4.69, 9.17) is 18.9 Å². The zero-order chi connectivity index (χ0) is 26.2. The van der Waals surface area contributed by atoms with E-state index in [0.717, 1.165) is 17.1 Å². The van der Waals surface area contributed by atoms with E-state index < -0.39 is 8.07 Å². The van der Waals surface area contributed by atoms with Gasteiger partial charge in [0.25, 0.3) is 0 Å². The summed E-state index contributed by atoms with van der Waals surface area (Å²) < 4.78 is 22.7. The van der Waals surface area contributed by atoms with Crippen LogP contribution in [0, 0.1) is 0 Å². The van der Waals surface area contributed by atoms with Crippen LogP contribution in [0.1, 0.15) is 11.1 Å². The molecule has 5 heteroatoms. The van der Waals surface area contributed by atoms with Gasteiger partial charge in [0, 0.05) is 14.2 Å². The third-order valence-corrected chi connectivity index (χ3v) is 11.1. The molecule has 1 heterocycles. The lowest BCUT2D eigenvalue weighted by Gasteiger charge is -2.29. The molecular formula is C32H34O4Si. The number of hydrogen-bond acceptors (Lipinski definition) is 4. The van der Waals surface area contributed by atoms with Crippen molar-refractivity contribution < 1.29 is 18.9 Å². The van der Waals surface area contributed by atoms with E-state index in [2.05, 4.69) is 61.6 Å². The molecule has 0 N–H and O–H groups in total. The van der Waals surface area contributed by atoms with Crippen molar-refractivity contribution in [3.05, 3.63) is 83.9 Å². The molecule has 4 nitrogen and oxygen atoms in total. The van der Waals surface area contributed by atoms with Gasteiger partial charge in [0.2, 0.25) is 0 Å². The zero-order valence-electron chi connectivity index (χ0n) is 22.5. The molecule has 0 fully saturated rings. The maximum atomic E-state index is 5.87. The first-order chi connectivity index (χ1) is 18.0. The molecule has 0 atom stereocenters. The van der Waals surface area contributed by atoms with Crippen molar-refractivity contribution in [2.45, 2.75) is 26.3 Å². The molecule has 0 amide bonds. The number of rotatable bonds is 8. The quantitative estimate of drug-likeness (QED) is 0.267. The second-order valence-electron chi connectivity index (χ2n) is 9.95. The average molecular weight is 511 g/mol. The summed E-state index contributed by atoms with van der Waals surface area (Å²) >= 11 is 0. The Labute approximate surface area is 220 Å². The number of ether oxygens (including phenoxy) is 4. The lowest BCUT2D eigenvalue weighted by molar-refractivity contribution is 0.169. The molecule has 0 spiro atoms. The Morgan fingerprint density at radius 1 is 0.568 bits per heavy atom. The molecule has 0 bridgehead atoms. The summed E-state index contributed by atoms with van der Waals surface area (Å²) in [6.45, 7) is 5.92. The summed E-state index contributed by atoms with van der Waals surface area (Å²) in [5, 5.41) is 2.92. The fourth-order valence-electron chi connectivity index (χ4n) is 5.89. The first-order valence-electron chi connectivity index (χ1n) is 12.5. The summed E-state index contributed by atoms with van der Waals surface area (Å²) in [6.07, 6.45) is 0. The minimum atomic E-state index is -2.07. The topological polar surface area (TPSA) is 36.9 Å². The third-order valence-electron chi connectivity index (χ3n) is 7.55. The summed E-state index contributed by atoms with van der Waals surface area (Å²) in [4.78, 5) is 0. The van der Waals surface area contributed by atoms with Crippen molar-refractivity contribution in [3.8, 4) is 44.9 Å². The Kier molecular flexibility index (Phi) is 6.95. The highest BCUT2D eigenvalue weighted by molar-refractivity contribution is 7.04. The molecule has 0 aliphatic carbocycles. The third kappa shape index (κ3) is 4.17. The van der Waals surface area contributed by atoms with Crippen LogP contribution < -0.4 is 19.8 Å². The van der Waals surface area contributed by atoms with Crippen molar-refractivity contribution in [1.82, 2.24) is 0 Å².